The minimum absolute atomic E-state index is 0.104. The van der Waals surface area contributed by atoms with E-state index >= 15 is 0 Å². The summed E-state index contributed by atoms with van der Waals surface area (Å²) in [6, 6.07) is 11.6. The highest BCUT2D eigenvalue weighted by molar-refractivity contribution is 7.99. The van der Waals surface area contributed by atoms with Gasteiger partial charge < -0.3 is 10.1 Å². The number of benzene rings is 1. The van der Waals surface area contributed by atoms with Crippen LogP contribution >= 0.6 is 11.8 Å². The van der Waals surface area contributed by atoms with Gasteiger partial charge in [-0.05, 0) is 18.9 Å². The zero-order valence-electron chi connectivity index (χ0n) is 13.0. The number of hydrogen-bond acceptors (Lipinski definition) is 4. The highest BCUT2D eigenvalue weighted by atomic mass is 32.2. The Morgan fingerprint density at radius 3 is 2.87 bits per heavy atom. The molecule has 0 bridgehead atoms. The maximum Gasteiger partial charge on any atom is 0.269 e. The predicted octanol–water partition coefficient (Wildman–Crippen LogP) is 2.72. The molecule has 23 heavy (non-hydrogen) atoms. The third kappa shape index (κ3) is 4.59. The van der Waals surface area contributed by atoms with Crippen LogP contribution in [0.25, 0.3) is 11.3 Å². The Balaban J connectivity index is 1.44. The Morgan fingerprint density at radius 1 is 1.30 bits per heavy atom. The van der Waals surface area contributed by atoms with Crippen LogP contribution in [0, 0.1) is 0 Å². The monoisotopic (exact) mass is 331 g/mol. The van der Waals surface area contributed by atoms with Crippen molar-refractivity contribution in [1.29, 1.82) is 0 Å². The molecule has 0 radical (unpaired) electrons. The predicted molar refractivity (Wildman–Crippen MR) is 92.7 cm³/mol. The summed E-state index contributed by atoms with van der Waals surface area (Å²) >= 11 is 1.92. The van der Waals surface area contributed by atoms with E-state index in [1.807, 2.05) is 42.1 Å². The van der Waals surface area contributed by atoms with E-state index in [1.165, 1.54) is 0 Å². The molecule has 122 valence electrons. The van der Waals surface area contributed by atoms with Gasteiger partial charge in [0.05, 0.1) is 5.69 Å². The fourth-order valence-corrected chi connectivity index (χ4v) is 3.60. The van der Waals surface area contributed by atoms with Gasteiger partial charge in [-0.2, -0.15) is 16.9 Å². The standard InChI is InChI=1S/C17H21N3O2S/c21-17(18-8-11-23-14-6-9-22-10-7-14)16-12-15(19-20-16)13-4-2-1-3-5-13/h1-5,12,14H,6-11H2,(H,18,21)(H,19,20). The molecule has 2 heterocycles. The van der Waals surface area contributed by atoms with Crippen molar-refractivity contribution in [2.45, 2.75) is 18.1 Å². The molecule has 1 aromatic carbocycles. The van der Waals surface area contributed by atoms with Crippen molar-refractivity contribution in [2.75, 3.05) is 25.5 Å². The zero-order chi connectivity index (χ0) is 15.9. The number of carbonyl (C=O) groups is 1. The van der Waals surface area contributed by atoms with Crippen molar-refractivity contribution < 1.29 is 9.53 Å². The van der Waals surface area contributed by atoms with Gasteiger partial charge in [-0.3, -0.25) is 9.89 Å². The summed E-state index contributed by atoms with van der Waals surface area (Å²) < 4.78 is 5.35. The summed E-state index contributed by atoms with van der Waals surface area (Å²) in [5.41, 5.74) is 2.28. The lowest BCUT2D eigenvalue weighted by atomic mass is 10.1. The lowest BCUT2D eigenvalue weighted by Crippen LogP contribution is -2.27. The molecule has 2 aromatic rings. The van der Waals surface area contributed by atoms with Gasteiger partial charge in [0, 0.05) is 36.3 Å². The molecule has 3 rings (SSSR count). The van der Waals surface area contributed by atoms with Crippen molar-refractivity contribution in [2.24, 2.45) is 0 Å². The number of amides is 1. The summed E-state index contributed by atoms with van der Waals surface area (Å²) in [4.78, 5) is 12.1. The Kier molecular flexibility index (Phi) is 5.71. The number of H-pyrrole nitrogens is 1. The van der Waals surface area contributed by atoms with Gasteiger partial charge in [0.1, 0.15) is 5.69 Å². The summed E-state index contributed by atoms with van der Waals surface area (Å²) in [5.74, 6) is 0.822. The first-order valence-electron chi connectivity index (χ1n) is 7.91. The van der Waals surface area contributed by atoms with Crippen LogP contribution in [0.2, 0.25) is 0 Å². The maximum atomic E-state index is 12.1. The summed E-state index contributed by atoms with van der Waals surface area (Å²) in [7, 11) is 0. The van der Waals surface area contributed by atoms with Gasteiger partial charge in [-0.25, -0.2) is 0 Å². The molecule has 0 unspecified atom stereocenters. The van der Waals surface area contributed by atoms with Gasteiger partial charge in [0.15, 0.2) is 0 Å². The first-order valence-corrected chi connectivity index (χ1v) is 8.96. The fraction of sp³-hybridized carbons (Fsp3) is 0.412. The molecule has 0 saturated carbocycles. The number of aromatic amines is 1. The van der Waals surface area contributed by atoms with Crippen LogP contribution in [-0.4, -0.2) is 46.9 Å². The molecule has 0 atom stereocenters. The molecule has 1 fully saturated rings. The van der Waals surface area contributed by atoms with E-state index < -0.39 is 0 Å². The van der Waals surface area contributed by atoms with E-state index in [-0.39, 0.29) is 5.91 Å². The average molecular weight is 331 g/mol. The Labute approximate surface area is 140 Å². The van der Waals surface area contributed by atoms with E-state index in [2.05, 4.69) is 15.5 Å². The Hall–Kier alpha value is -1.79. The van der Waals surface area contributed by atoms with Crippen LogP contribution in [-0.2, 0) is 4.74 Å². The normalized spacial score (nSPS) is 15.5. The molecular formula is C17H21N3O2S. The zero-order valence-corrected chi connectivity index (χ0v) is 13.8. The molecule has 1 aromatic heterocycles. The lowest BCUT2D eigenvalue weighted by Gasteiger charge is -2.21. The van der Waals surface area contributed by atoms with E-state index in [0.29, 0.717) is 17.5 Å². The molecule has 6 heteroatoms. The van der Waals surface area contributed by atoms with Gasteiger partial charge in [0.25, 0.3) is 5.91 Å². The number of nitrogens with zero attached hydrogens (tertiary/aromatic N) is 1. The quantitative estimate of drug-likeness (QED) is 0.799. The first kappa shape index (κ1) is 16.1. The van der Waals surface area contributed by atoms with Gasteiger partial charge in [-0.15, -0.1) is 0 Å². The van der Waals surface area contributed by atoms with E-state index in [4.69, 9.17) is 4.74 Å². The SMILES string of the molecule is O=C(NCCSC1CCOCC1)c1cc(-c2ccccc2)n[nH]1. The largest absolute Gasteiger partial charge is 0.381 e. The van der Waals surface area contributed by atoms with Gasteiger partial charge in [-0.1, -0.05) is 30.3 Å². The first-order chi connectivity index (χ1) is 11.3. The van der Waals surface area contributed by atoms with Crippen LogP contribution in [0.15, 0.2) is 36.4 Å². The number of rotatable bonds is 6. The minimum Gasteiger partial charge on any atom is -0.381 e. The van der Waals surface area contributed by atoms with Crippen LogP contribution in [0.3, 0.4) is 0 Å². The second kappa shape index (κ2) is 8.17. The van der Waals surface area contributed by atoms with E-state index in [1.54, 1.807) is 6.07 Å². The molecule has 1 amide bonds. The molecule has 0 aliphatic carbocycles. The van der Waals surface area contributed by atoms with Crippen LogP contribution in [0.4, 0.5) is 0 Å². The molecule has 5 nitrogen and oxygen atoms in total. The number of aromatic nitrogens is 2. The van der Waals surface area contributed by atoms with Crippen LogP contribution in [0.5, 0.6) is 0 Å². The molecule has 1 saturated heterocycles. The Morgan fingerprint density at radius 2 is 2.09 bits per heavy atom. The molecule has 2 N–H and O–H groups in total. The summed E-state index contributed by atoms with van der Waals surface area (Å²) in [6.45, 7) is 2.39. The van der Waals surface area contributed by atoms with E-state index in [0.717, 1.165) is 43.1 Å². The number of thioether (sulfide) groups is 1. The van der Waals surface area contributed by atoms with Crippen molar-refractivity contribution in [1.82, 2.24) is 15.5 Å². The molecular weight excluding hydrogens is 310 g/mol. The number of nitrogens with one attached hydrogen (secondary N) is 2. The van der Waals surface area contributed by atoms with Crippen molar-refractivity contribution in [3.8, 4) is 11.3 Å². The Bertz CT molecular complexity index is 624. The molecule has 1 aliphatic heterocycles. The summed E-state index contributed by atoms with van der Waals surface area (Å²) in [5, 5.41) is 10.6. The average Bonchev–Trinajstić information content (AvgIpc) is 3.10. The second-order valence-electron chi connectivity index (χ2n) is 5.47. The van der Waals surface area contributed by atoms with Gasteiger partial charge >= 0.3 is 0 Å². The highest BCUT2D eigenvalue weighted by Crippen LogP contribution is 2.21. The number of ether oxygens (including phenoxy) is 1. The molecule has 1 aliphatic rings. The number of carbonyl (C=O) groups excluding carboxylic acids is 1. The minimum atomic E-state index is -0.104. The van der Waals surface area contributed by atoms with Crippen LogP contribution in [0.1, 0.15) is 23.3 Å². The summed E-state index contributed by atoms with van der Waals surface area (Å²) in [6.07, 6.45) is 2.22. The van der Waals surface area contributed by atoms with Crippen molar-refractivity contribution >= 4 is 17.7 Å². The van der Waals surface area contributed by atoms with Crippen molar-refractivity contribution in [3.63, 3.8) is 0 Å². The fourth-order valence-electron chi connectivity index (χ4n) is 2.52. The van der Waals surface area contributed by atoms with Crippen LogP contribution < -0.4 is 5.32 Å². The second-order valence-corrected chi connectivity index (χ2v) is 6.88. The van der Waals surface area contributed by atoms with E-state index in [9.17, 15) is 4.79 Å². The third-order valence-corrected chi connectivity index (χ3v) is 5.18. The highest BCUT2D eigenvalue weighted by Gasteiger charge is 2.14. The van der Waals surface area contributed by atoms with Crippen molar-refractivity contribution in [3.05, 3.63) is 42.1 Å². The van der Waals surface area contributed by atoms with Gasteiger partial charge in [0.2, 0.25) is 0 Å². The lowest BCUT2D eigenvalue weighted by molar-refractivity contribution is 0.0950. The topological polar surface area (TPSA) is 67.0 Å². The smallest absolute Gasteiger partial charge is 0.269 e. The number of hydrogen-bond donors (Lipinski definition) is 2. The third-order valence-electron chi connectivity index (χ3n) is 3.80. The maximum absolute atomic E-state index is 12.1. The molecule has 0 spiro atoms.